The monoisotopic (exact) mass is 402 g/mol. The van der Waals surface area contributed by atoms with E-state index in [1.807, 2.05) is 18.5 Å². The van der Waals surface area contributed by atoms with E-state index in [0.29, 0.717) is 10.5 Å². The van der Waals surface area contributed by atoms with Gasteiger partial charge in [-0.1, -0.05) is 6.92 Å². The van der Waals surface area contributed by atoms with E-state index >= 15 is 0 Å². The molecule has 0 amide bonds. The Morgan fingerprint density at radius 3 is 2.60 bits per heavy atom. The van der Waals surface area contributed by atoms with Gasteiger partial charge in [-0.25, -0.2) is 14.4 Å². The Morgan fingerprint density at radius 1 is 1.20 bits per heavy atom. The highest BCUT2D eigenvalue weighted by Crippen LogP contribution is 2.31. The second-order valence-electron chi connectivity index (χ2n) is 6.51. The first kappa shape index (κ1) is 16.5. The maximum absolute atomic E-state index is 13.9. The van der Waals surface area contributed by atoms with Crippen molar-refractivity contribution in [2.45, 2.75) is 32.2 Å². The molecule has 0 bridgehead atoms. The zero-order valence-electron chi connectivity index (χ0n) is 14.1. The minimum atomic E-state index is -0.214. The van der Waals surface area contributed by atoms with Crippen LogP contribution in [-0.4, -0.2) is 27.6 Å². The lowest BCUT2D eigenvalue weighted by Gasteiger charge is -2.33. The van der Waals surface area contributed by atoms with Crippen molar-refractivity contribution in [1.82, 2.24) is 14.5 Å². The Hall–Kier alpha value is -1.95. The molecule has 0 unspecified atom stereocenters. The first-order valence-electron chi connectivity index (χ1n) is 8.67. The Balaban J connectivity index is 1.51. The van der Waals surface area contributed by atoms with Gasteiger partial charge in [-0.2, -0.15) is 0 Å². The normalized spacial score (nSPS) is 15.9. The number of rotatable bonds is 3. The number of aryl methyl sites for hydroxylation is 1. The van der Waals surface area contributed by atoms with E-state index in [0.717, 1.165) is 54.8 Å². The van der Waals surface area contributed by atoms with Gasteiger partial charge < -0.3 is 9.47 Å². The molecule has 1 fully saturated rings. The number of piperidine rings is 1. The molecule has 6 heteroatoms. The predicted molar refractivity (Wildman–Crippen MR) is 101 cm³/mol. The van der Waals surface area contributed by atoms with E-state index in [4.69, 9.17) is 0 Å². The van der Waals surface area contributed by atoms with Crippen LogP contribution in [0.5, 0.6) is 0 Å². The zero-order chi connectivity index (χ0) is 17.4. The molecule has 4 rings (SSSR count). The van der Waals surface area contributed by atoms with Crippen LogP contribution in [0.15, 0.2) is 41.3 Å². The summed E-state index contributed by atoms with van der Waals surface area (Å²) in [6.45, 7) is 3.93. The van der Waals surface area contributed by atoms with Gasteiger partial charge in [0.1, 0.15) is 5.82 Å². The molecule has 1 aromatic carbocycles. The van der Waals surface area contributed by atoms with Crippen LogP contribution in [-0.2, 0) is 6.42 Å². The fourth-order valence-electron chi connectivity index (χ4n) is 3.51. The number of anilines is 1. The highest BCUT2D eigenvalue weighted by molar-refractivity contribution is 9.10. The third-order valence-electron chi connectivity index (χ3n) is 5.00. The van der Waals surface area contributed by atoms with Crippen molar-refractivity contribution in [1.29, 1.82) is 0 Å². The van der Waals surface area contributed by atoms with Crippen molar-refractivity contribution in [2.24, 2.45) is 0 Å². The lowest BCUT2D eigenvalue weighted by molar-refractivity contribution is 0.402. The highest BCUT2D eigenvalue weighted by Gasteiger charge is 2.23. The zero-order valence-corrected chi connectivity index (χ0v) is 15.7. The number of hydrogen-bond donors (Lipinski definition) is 0. The van der Waals surface area contributed by atoms with Gasteiger partial charge in [0.05, 0.1) is 9.99 Å². The second kappa shape index (κ2) is 6.75. The van der Waals surface area contributed by atoms with Crippen LogP contribution in [0, 0.1) is 5.82 Å². The quantitative estimate of drug-likeness (QED) is 0.634. The van der Waals surface area contributed by atoms with Crippen molar-refractivity contribution < 1.29 is 4.39 Å². The van der Waals surface area contributed by atoms with Gasteiger partial charge in [-0.15, -0.1) is 0 Å². The lowest BCUT2D eigenvalue weighted by atomic mass is 10.0. The Morgan fingerprint density at radius 2 is 1.92 bits per heavy atom. The molecule has 0 saturated carbocycles. The van der Waals surface area contributed by atoms with Crippen LogP contribution in [0.1, 0.15) is 31.4 Å². The third kappa shape index (κ3) is 3.15. The molecular weight excluding hydrogens is 383 g/mol. The summed E-state index contributed by atoms with van der Waals surface area (Å²) in [5.74, 6) is 0.595. The molecule has 1 aliphatic heterocycles. The van der Waals surface area contributed by atoms with Crippen LogP contribution in [0.2, 0.25) is 0 Å². The molecule has 0 spiro atoms. The number of aromatic nitrogens is 3. The molecule has 3 heterocycles. The first-order valence-corrected chi connectivity index (χ1v) is 9.46. The predicted octanol–water partition coefficient (Wildman–Crippen LogP) is 4.74. The molecule has 1 aliphatic rings. The first-order chi connectivity index (χ1) is 12.2. The van der Waals surface area contributed by atoms with Crippen LogP contribution in [0.25, 0.3) is 10.9 Å². The molecular formula is C19H20BrFN4. The van der Waals surface area contributed by atoms with Gasteiger partial charge in [-0.05, 0) is 59.0 Å². The molecule has 0 radical (unpaired) electrons. The number of halogens is 2. The minimum absolute atomic E-state index is 0.214. The van der Waals surface area contributed by atoms with Crippen molar-refractivity contribution in [3.8, 4) is 0 Å². The fraction of sp³-hybridized carbons (Fsp3) is 0.368. The SMILES string of the molecule is CCc1cnc(N2CCC(n3ccc4cc(Br)c(F)cc43)CC2)nc1. The van der Waals surface area contributed by atoms with E-state index in [2.05, 4.69) is 54.6 Å². The topological polar surface area (TPSA) is 34.0 Å². The summed E-state index contributed by atoms with van der Waals surface area (Å²) < 4.78 is 16.7. The maximum Gasteiger partial charge on any atom is 0.225 e. The molecule has 0 N–H and O–H groups in total. The summed E-state index contributed by atoms with van der Waals surface area (Å²) >= 11 is 3.26. The molecule has 4 nitrogen and oxygen atoms in total. The summed E-state index contributed by atoms with van der Waals surface area (Å²) in [6.07, 6.45) is 8.85. The number of hydrogen-bond acceptors (Lipinski definition) is 3. The minimum Gasteiger partial charge on any atom is -0.344 e. The van der Waals surface area contributed by atoms with Crippen molar-refractivity contribution in [3.63, 3.8) is 0 Å². The molecule has 1 saturated heterocycles. The van der Waals surface area contributed by atoms with Gasteiger partial charge in [0, 0.05) is 43.1 Å². The van der Waals surface area contributed by atoms with E-state index < -0.39 is 0 Å². The average molecular weight is 403 g/mol. The molecule has 130 valence electrons. The standard InChI is InChI=1S/C19H20BrFN4/c1-2-13-11-22-19(23-12-13)24-6-4-15(5-7-24)25-8-3-14-9-16(20)17(21)10-18(14)25/h3,8-12,15H,2,4-7H2,1H3. The van der Waals surface area contributed by atoms with Gasteiger partial charge in [-0.3, -0.25) is 0 Å². The lowest BCUT2D eigenvalue weighted by Crippen LogP contribution is -2.35. The molecule has 0 atom stereocenters. The Bertz CT molecular complexity index is 882. The van der Waals surface area contributed by atoms with Crippen molar-refractivity contribution >= 4 is 32.8 Å². The summed E-state index contributed by atoms with van der Waals surface area (Å²) in [6, 6.07) is 5.90. The van der Waals surface area contributed by atoms with Crippen molar-refractivity contribution in [2.75, 3.05) is 18.0 Å². The van der Waals surface area contributed by atoms with E-state index in [1.54, 1.807) is 6.07 Å². The largest absolute Gasteiger partial charge is 0.344 e. The van der Waals surface area contributed by atoms with E-state index in [9.17, 15) is 4.39 Å². The molecule has 0 aliphatic carbocycles. The fourth-order valence-corrected chi connectivity index (χ4v) is 3.87. The van der Waals surface area contributed by atoms with Gasteiger partial charge in [0.2, 0.25) is 5.95 Å². The van der Waals surface area contributed by atoms with Crippen LogP contribution in [0.3, 0.4) is 0 Å². The summed E-state index contributed by atoms with van der Waals surface area (Å²) in [7, 11) is 0. The highest BCUT2D eigenvalue weighted by atomic mass is 79.9. The van der Waals surface area contributed by atoms with Crippen LogP contribution in [0.4, 0.5) is 10.3 Å². The van der Waals surface area contributed by atoms with Gasteiger partial charge >= 0.3 is 0 Å². The van der Waals surface area contributed by atoms with E-state index in [1.165, 1.54) is 0 Å². The maximum atomic E-state index is 13.9. The molecule has 25 heavy (non-hydrogen) atoms. The smallest absolute Gasteiger partial charge is 0.225 e. The van der Waals surface area contributed by atoms with Crippen LogP contribution >= 0.6 is 15.9 Å². The van der Waals surface area contributed by atoms with Gasteiger partial charge in [0.15, 0.2) is 0 Å². The van der Waals surface area contributed by atoms with Crippen LogP contribution < -0.4 is 4.90 Å². The number of nitrogens with zero attached hydrogens (tertiary/aromatic N) is 4. The third-order valence-corrected chi connectivity index (χ3v) is 5.61. The average Bonchev–Trinajstić information content (AvgIpc) is 3.05. The summed E-state index contributed by atoms with van der Waals surface area (Å²) in [5, 5.41) is 1.06. The Labute approximate surface area is 154 Å². The Kier molecular flexibility index (Phi) is 4.46. The molecule has 3 aromatic rings. The number of benzene rings is 1. The summed E-state index contributed by atoms with van der Waals surface area (Å²) in [4.78, 5) is 11.2. The van der Waals surface area contributed by atoms with E-state index in [-0.39, 0.29) is 5.82 Å². The molecule has 2 aromatic heterocycles. The summed E-state index contributed by atoms with van der Waals surface area (Å²) in [5.41, 5.74) is 2.12. The second-order valence-corrected chi connectivity index (χ2v) is 7.37. The van der Waals surface area contributed by atoms with Gasteiger partial charge in [0.25, 0.3) is 0 Å². The number of fused-ring (bicyclic) bond motifs is 1. The van der Waals surface area contributed by atoms with Crippen molar-refractivity contribution in [3.05, 3.63) is 52.6 Å².